The Bertz CT molecular complexity index is 301. The second-order valence-electron chi connectivity index (χ2n) is 5.77. The maximum Gasteiger partial charge on any atom is 0.406 e. The van der Waals surface area contributed by atoms with Gasteiger partial charge in [0.25, 0.3) is 0 Å². The van der Waals surface area contributed by atoms with Gasteiger partial charge in [-0.05, 0) is 18.8 Å². The second kappa shape index (κ2) is 7.83. The van der Waals surface area contributed by atoms with Crippen molar-refractivity contribution in [1.29, 1.82) is 0 Å². The second-order valence-corrected chi connectivity index (χ2v) is 5.77. The summed E-state index contributed by atoms with van der Waals surface area (Å²) in [4.78, 5) is 12.9. The van der Waals surface area contributed by atoms with Crippen LogP contribution in [0.15, 0.2) is 0 Å². The molecular weight excluding hydrogens is 273 g/mol. The number of nitrogens with zero attached hydrogens (tertiary/aromatic N) is 1. The highest BCUT2D eigenvalue weighted by atomic mass is 19.4. The lowest BCUT2D eigenvalue weighted by Gasteiger charge is -2.32. The molecule has 0 aromatic heterocycles. The topological polar surface area (TPSA) is 55.6 Å². The summed E-state index contributed by atoms with van der Waals surface area (Å²) in [7, 11) is 0. The largest absolute Gasteiger partial charge is 0.406 e. The highest BCUT2D eigenvalue weighted by molar-refractivity contribution is 5.82. The van der Waals surface area contributed by atoms with E-state index >= 15 is 0 Å². The van der Waals surface area contributed by atoms with Gasteiger partial charge < -0.3 is 15.4 Å². The first-order chi connectivity index (χ1) is 8.99. The van der Waals surface area contributed by atoms with Crippen LogP contribution in [0.5, 0.6) is 0 Å². The molecule has 1 amide bonds. The van der Waals surface area contributed by atoms with Gasteiger partial charge in [-0.15, -0.1) is 0 Å². The molecule has 0 unspecified atom stereocenters. The van der Waals surface area contributed by atoms with E-state index in [1.54, 1.807) is 27.7 Å². The van der Waals surface area contributed by atoms with E-state index in [0.717, 1.165) is 4.90 Å². The first kappa shape index (κ1) is 19.2. The van der Waals surface area contributed by atoms with Gasteiger partial charge >= 0.3 is 6.18 Å². The number of hydrogen-bond acceptors (Lipinski definition) is 3. The summed E-state index contributed by atoms with van der Waals surface area (Å²) in [6, 6.07) is -0.961. The lowest BCUT2D eigenvalue weighted by molar-refractivity contribution is -0.163. The van der Waals surface area contributed by atoms with Crippen molar-refractivity contribution < 1.29 is 22.7 Å². The Kier molecular flexibility index (Phi) is 7.51. The molecule has 7 heteroatoms. The number of alkyl halides is 3. The zero-order chi connectivity index (χ0) is 16.0. The lowest BCUT2D eigenvalue weighted by Crippen LogP contribution is -2.52. The minimum absolute atomic E-state index is 0.0118. The highest BCUT2D eigenvalue weighted by Gasteiger charge is 2.37. The SMILES string of the molecule is CCOCCCN(CC(F)(F)F)C(=O)[C@@H](N)C(C)(C)C. The Morgan fingerprint density at radius 2 is 1.85 bits per heavy atom. The zero-order valence-corrected chi connectivity index (χ0v) is 12.6. The fraction of sp³-hybridized carbons (Fsp3) is 0.923. The van der Waals surface area contributed by atoms with Crippen molar-refractivity contribution in [3.63, 3.8) is 0 Å². The number of amides is 1. The molecule has 0 aromatic carbocycles. The van der Waals surface area contributed by atoms with Crippen LogP contribution >= 0.6 is 0 Å². The van der Waals surface area contributed by atoms with Crippen molar-refractivity contribution in [3.8, 4) is 0 Å². The van der Waals surface area contributed by atoms with E-state index in [4.69, 9.17) is 10.5 Å². The predicted molar refractivity (Wildman–Crippen MR) is 71.2 cm³/mol. The van der Waals surface area contributed by atoms with Crippen molar-refractivity contribution in [2.24, 2.45) is 11.1 Å². The Balaban J connectivity index is 4.70. The molecule has 0 aliphatic heterocycles. The number of carbonyl (C=O) groups excluding carboxylic acids is 1. The molecule has 0 bridgehead atoms. The number of nitrogens with two attached hydrogens (primary N) is 1. The van der Waals surface area contributed by atoms with Gasteiger partial charge in [0.15, 0.2) is 0 Å². The van der Waals surface area contributed by atoms with Gasteiger partial charge in [0, 0.05) is 19.8 Å². The molecule has 2 N–H and O–H groups in total. The Labute approximate surface area is 118 Å². The highest BCUT2D eigenvalue weighted by Crippen LogP contribution is 2.22. The summed E-state index contributed by atoms with van der Waals surface area (Å²) >= 11 is 0. The molecule has 0 spiro atoms. The van der Waals surface area contributed by atoms with Crippen LogP contribution < -0.4 is 5.73 Å². The van der Waals surface area contributed by atoms with Crippen molar-refractivity contribution in [1.82, 2.24) is 4.90 Å². The van der Waals surface area contributed by atoms with Crippen molar-refractivity contribution >= 4 is 5.91 Å². The summed E-state index contributed by atoms with van der Waals surface area (Å²) in [5.74, 6) is -0.675. The number of rotatable bonds is 7. The average molecular weight is 298 g/mol. The molecular formula is C13H25F3N2O2. The van der Waals surface area contributed by atoms with Gasteiger partial charge in [-0.25, -0.2) is 0 Å². The van der Waals surface area contributed by atoms with E-state index in [0.29, 0.717) is 19.6 Å². The normalized spacial score (nSPS) is 14.2. The van der Waals surface area contributed by atoms with Crippen LogP contribution in [0.1, 0.15) is 34.1 Å². The minimum Gasteiger partial charge on any atom is -0.382 e. The van der Waals surface area contributed by atoms with E-state index < -0.39 is 30.1 Å². The van der Waals surface area contributed by atoms with Crippen LogP contribution in [0.2, 0.25) is 0 Å². The fourth-order valence-electron chi connectivity index (χ4n) is 1.55. The third kappa shape index (κ3) is 7.69. The molecule has 20 heavy (non-hydrogen) atoms. The molecule has 0 fully saturated rings. The van der Waals surface area contributed by atoms with Crippen molar-refractivity contribution in [2.75, 3.05) is 26.3 Å². The van der Waals surface area contributed by atoms with Crippen LogP contribution in [0.4, 0.5) is 13.2 Å². The first-order valence-electron chi connectivity index (χ1n) is 6.68. The third-order valence-corrected chi connectivity index (χ3v) is 2.80. The lowest BCUT2D eigenvalue weighted by atomic mass is 9.86. The standard InChI is InChI=1S/C13H25F3N2O2/c1-5-20-8-6-7-18(9-13(14,15)16)11(19)10(17)12(2,3)4/h10H,5-9,17H2,1-4H3/t10-/m1/s1. The zero-order valence-electron chi connectivity index (χ0n) is 12.6. The maximum absolute atomic E-state index is 12.5. The van der Waals surface area contributed by atoms with E-state index in [9.17, 15) is 18.0 Å². The van der Waals surface area contributed by atoms with Crippen molar-refractivity contribution in [2.45, 2.75) is 46.3 Å². The van der Waals surface area contributed by atoms with Crippen LogP contribution in [-0.2, 0) is 9.53 Å². The van der Waals surface area contributed by atoms with Gasteiger partial charge in [0.2, 0.25) is 5.91 Å². The van der Waals surface area contributed by atoms with Crippen LogP contribution in [-0.4, -0.2) is 49.3 Å². The molecule has 0 saturated carbocycles. The molecule has 0 radical (unpaired) electrons. The average Bonchev–Trinajstić information content (AvgIpc) is 2.28. The summed E-state index contributed by atoms with van der Waals surface area (Å²) < 4.78 is 42.7. The van der Waals surface area contributed by atoms with Gasteiger partial charge in [0.05, 0.1) is 6.04 Å². The van der Waals surface area contributed by atoms with Crippen LogP contribution in [0.3, 0.4) is 0 Å². The van der Waals surface area contributed by atoms with E-state index in [-0.39, 0.29) is 6.54 Å². The van der Waals surface area contributed by atoms with Crippen molar-refractivity contribution in [3.05, 3.63) is 0 Å². The molecule has 4 nitrogen and oxygen atoms in total. The molecule has 0 aliphatic carbocycles. The fourth-order valence-corrected chi connectivity index (χ4v) is 1.55. The maximum atomic E-state index is 12.5. The smallest absolute Gasteiger partial charge is 0.382 e. The summed E-state index contributed by atoms with van der Waals surface area (Å²) in [5, 5.41) is 0. The Morgan fingerprint density at radius 1 is 1.30 bits per heavy atom. The predicted octanol–water partition coefficient (Wildman–Crippen LogP) is 2.18. The molecule has 1 atom stereocenters. The Hall–Kier alpha value is -0.820. The number of ether oxygens (including phenoxy) is 1. The minimum atomic E-state index is -4.43. The van der Waals surface area contributed by atoms with Crippen LogP contribution in [0, 0.1) is 5.41 Å². The molecule has 120 valence electrons. The quantitative estimate of drug-likeness (QED) is 0.733. The van der Waals surface area contributed by atoms with Gasteiger partial charge in [-0.3, -0.25) is 4.79 Å². The number of halogens is 3. The van der Waals surface area contributed by atoms with E-state index in [2.05, 4.69) is 0 Å². The summed E-state index contributed by atoms with van der Waals surface area (Å²) in [6.07, 6.45) is -4.08. The van der Waals surface area contributed by atoms with E-state index in [1.807, 2.05) is 0 Å². The number of hydrogen-bond donors (Lipinski definition) is 1. The van der Waals surface area contributed by atoms with Gasteiger partial charge in [0.1, 0.15) is 6.54 Å². The first-order valence-corrected chi connectivity index (χ1v) is 6.68. The Morgan fingerprint density at radius 3 is 2.25 bits per heavy atom. The number of carbonyl (C=O) groups is 1. The van der Waals surface area contributed by atoms with Crippen LogP contribution in [0.25, 0.3) is 0 Å². The van der Waals surface area contributed by atoms with E-state index in [1.165, 1.54) is 0 Å². The molecule has 0 aliphatic rings. The molecule has 0 rings (SSSR count). The van der Waals surface area contributed by atoms with Gasteiger partial charge in [-0.2, -0.15) is 13.2 Å². The monoisotopic (exact) mass is 298 g/mol. The summed E-state index contributed by atoms with van der Waals surface area (Å²) in [5.41, 5.74) is 5.17. The molecule has 0 saturated heterocycles. The molecule has 0 aromatic rings. The van der Waals surface area contributed by atoms with Gasteiger partial charge in [-0.1, -0.05) is 20.8 Å². The third-order valence-electron chi connectivity index (χ3n) is 2.80. The summed E-state index contributed by atoms with van der Waals surface area (Å²) in [6.45, 7) is 6.50. The molecule has 0 heterocycles.